The molecule has 28 heavy (non-hydrogen) atoms. The lowest BCUT2D eigenvalue weighted by Crippen LogP contribution is -2.48. The van der Waals surface area contributed by atoms with Crippen molar-refractivity contribution in [2.75, 3.05) is 32.4 Å². The number of rotatable bonds is 4. The second kappa shape index (κ2) is 7.93. The Morgan fingerprint density at radius 3 is 2.43 bits per heavy atom. The Morgan fingerprint density at radius 2 is 1.86 bits per heavy atom. The van der Waals surface area contributed by atoms with Crippen molar-refractivity contribution in [2.45, 2.75) is 37.6 Å². The van der Waals surface area contributed by atoms with Crippen molar-refractivity contribution in [3.8, 4) is 0 Å². The Bertz CT molecular complexity index is 953. The Labute approximate surface area is 171 Å². The van der Waals surface area contributed by atoms with Crippen LogP contribution in [0, 0.1) is 0 Å². The minimum atomic E-state index is -3.33. The molecule has 0 N–H and O–H groups in total. The van der Waals surface area contributed by atoms with Crippen LogP contribution in [0.3, 0.4) is 0 Å². The van der Waals surface area contributed by atoms with E-state index in [4.69, 9.17) is 4.98 Å². The summed E-state index contributed by atoms with van der Waals surface area (Å²) in [6, 6.07) is 6.28. The molecule has 1 aliphatic rings. The predicted octanol–water partition coefficient (Wildman–Crippen LogP) is 2.80. The summed E-state index contributed by atoms with van der Waals surface area (Å²) in [5.74, 6) is -0.117. The number of carbonyl (C=O) groups is 1. The molecule has 0 radical (unpaired) electrons. The highest BCUT2D eigenvalue weighted by molar-refractivity contribution is 7.90. The summed E-state index contributed by atoms with van der Waals surface area (Å²) in [4.78, 5) is 21.8. The molecule has 0 spiro atoms. The molecule has 0 unspecified atom stereocenters. The van der Waals surface area contributed by atoms with Crippen molar-refractivity contribution in [1.29, 1.82) is 0 Å². The van der Waals surface area contributed by atoms with E-state index in [2.05, 4.69) is 31.1 Å². The Hall–Kier alpha value is -1.77. The molecule has 0 saturated carbocycles. The van der Waals surface area contributed by atoms with Crippen LogP contribution in [0.25, 0.3) is 0 Å². The lowest BCUT2D eigenvalue weighted by atomic mass is 9.98. The van der Waals surface area contributed by atoms with E-state index < -0.39 is 9.84 Å². The maximum absolute atomic E-state index is 12.8. The SMILES string of the molecule is CC(C)(C)c1nc(CN2CCN(C(=O)c3cccc(S(C)(=O)=O)c3)CC2)cs1. The predicted molar refractivity (Wildman–Crippen MR) is 112 cm³/mol. The monoisotopic (exact) mass is 421 g/mol. The van der Waals surface area contributed by atoms with E-state index in [0.717, 1.165) is 36.6 Å². The van der Waals surface area contributed by atoms with Gasteiger partial charge < -0.3 is 4.90 Å². The van der Waals surface area contributed by atoms with Gasteiger partial charge in [0.1, 0.15) is 0 Å². The van der Waals surface area contributed by atoms with Gasteiger partial charge in [0.05, 0.1) is 15.6 Å². The van der Waals surface area contributed by atoms with Crippen LogP contribution in [0.2, 0.25) is 0 Å². The maximum atomic E-state index is 12.8. The van der Waals surface area contributed by atoms with Gasteiger partial charge in [0.25, 0.3) is 5.91 Å². The fraction of sp³-hybridized carbons (Fsp3) is 0.500. The third kappa shape index (κ3) is 4.98. The van der Waals surface area contributed by atoms with E-state index in [1.165, 1.54) is 12.1 Å². The van der Waals surface area contributed by atoms with E-state index in [9.17, 15) is 13.2 Å². The Kier molecular flexibility index (Phi) is 5.93. The summed E-state index contributed by atoms with van der Waals surface area (Å²) in [5, 5.41) is 3.26. The molecule has 2 heterocycles. The number of carbonyl (C=O) groups excluding carboxylic acids is 1. The molecule has 1 amide bonds. The van der Waals surface area contributed by atoms with Gasteiger partial charge in [0.15, 0.2) is 9.84 Å². The first-order valence-corrected chi connectivity index (χ1v) is 12.1. The zero-order chi connectivity index (χ0) is 20.5. The van der Waals surface area contributed by atoms with Gasteiger partial charge >= 0.3 is 0 Å². The van der Waals surface area contributed by atoms with E-state index in [1.54, 1.807) is 28.4 Å². The van der Waals surface area contributed by atoms with Gasteiger partial charge in [-0.1, -0.05) is 26.8 Å². The molecule has 1 saturated heterocycles. The average Bonchev–Trinajstić information content (AvgIpc) is 3.10. The fourth-order valence-electron chi connectivity index (χ4n) is 3.10. The molecule has 2 aromatic rings. The van der Waals surface area contributed by atoms with Crippen molar-refractivity contribution in [2.24, 2.45) is 0 Å². The highest BCUT2D eigenvalue weighted by Crippen LogP contribution is 2.26. The minimum Gasteiger partial charge on any atom is -0.336 e. The van der Waals surface area contributed by atoms with Crippen LogP contribution in [0.4, 0.5) is 0 Å². The molecule has 0 atom stereocenters. The standard InChI is InChI=1S/C20H27N3O3S2/c1-20(2,3)19-21-16(14-27-19)13-22-8-10-23(11-9-22)18(24)15-6-5-7-17(12-15)28(4,25)26/h5-7,12,14H,8-11,13H2,1-4H3. The van der Waals surface area contributed by atoms with E-state index in [-0.39, 0.29) is 16.2 Å². The van der Waals surface area contributed by atoms with Gasteiger partial charge in [-0.25, -0.2) is 13.4 Å². The number of nitrogens with zero attached hydrogens (tertiary/aromatic N) is 3. The molecule has 8 heteroatoms. The van der Waals surface area contributed by atoms with Gasteiger partial charge in [-0.3, -0.25) is 9.69 Å². The molecular formula is C20H27N3O3S2. The summed E-state index contributed by atoms with van der Waals surface area (Å²) in [5.41, 5.74) is 1.57. The summed E-state index contributed by atoms with van der Waals surface area (Å²) < 4.78 is 23.5. The highest BCUT2D eigenvalue weighted by Gasteiger charge is 2.24. The Balaban J connectivity index is 1.59. The van der Waals surface area contributed by atoms with Crippen molar-refractivity contribution < 1.29 is 13.2 Å². The second-order valence-electron chi connectivity index (χ2n) is 8.26. The van der Waals surface area contributed by atoms with Crippen LogP contribution >= 0.6 is 11.3 Å². The quantitative estimate of drug-likeness (QED) is 0.759. The third-order valence-electron chi connectivity index (χ3n) is 4.75. The summed E-state index contributed by atoms with van der Waals surface area (Å²) >= 11 is 1.70. The van der Waals surface area contributed by atoms with Gasteiger partial charge in [-0.15, -0.1) is 11.3 Å². The second-order valence-corrected chi connectivity index (χ2v) is 11.1. The molecule has 6 nitrogen and oxygen atoms in total. The third-order valence-corrected chi connectivity index (χ3v) is 7.17. The number of piperazine rings is 1. The van der Waals surface area contributed by atoms with Crippen LogP contribution < -0.4 is 0 Å². The van der Waals surface area contributed by atoms with Crippen LogP contribution in [0.1, 0.15) is 41.8 Å². The molecule has 1 fully saturated rings. The Morgan fingerprint density at radius 1 is 1.18 bits per heavy atom. The number of thiazole rings is 1. The number of aromatic nitrogens is 1. The zero-order valence-electron chi connectivity index (χ0n) is 16.8. The van der Waals surface area contributed by atoms with Crippen LogP contribution in [0.15, 0.2) is 34.5 Å². The van der Waals surface area contributed by atoms with Crippen molar-refractivity contribution in [3.63, 3.8) is 0 Å². The average molecular weight is 422 g/mol. The van der Waals surface area contributed by atoms with Crippen molar-refractivity contribution >= 4 is 27.1 Å². The fourth-order valence-corrected chi connectivity index (χ4v) is 4.67. The topological polar surface area (TPSA) is 70.6 Å². The summed E-state index contributed by atoms with van der Waals surface area (Å²) in [6.45, 7) is 10.1. The number of sulfone groups is 1. The molecular weight excluding hydrogens is 394 g/mol. The first-order chi connectivity index (χ1) is 13.0. The van der Waals surface area contributed by atoms with Crippen LogP contribution in [-0.4, -0.2) is 61.5 Å². The van der Waals surface area contributed by atoms with Gasteiger partial charge in [0.2, 0.25) is 0 Å². The molecule has 1 aromatic heterocycles. The molecule has 1 aliphatic heterocycles. The lowest BCUT2D eigenvalue weighted by molar-refractivity contribution is 0.0627. The molecule has 0 aliphatic carbocycles. The van der Waals surface area contributed by atoms with E-state index in [1.807, 2.05) is 0 Å². The van der Waals surface area contributed by atoms with Gasteiger partial charge in [-0.2, -0.15) is 0 Å². The zero-order valence-corrected chi connectivity index (χ0v) is 18.4. The molecule has 152 valence electrons. The number of amides is 1. The first-order valence-electron chi connectivity index (χ1n) is 9.31. The number of hydrogen-bond donors (Lipinski definition) is 0. The van der Waals surface area contributed by atoms with Crippen LogP contribution in [0.5, 0.6) is 0 Å². The van der Waals surface area contributed by atoms with Crippen LogP contribution in [-0.2, 0) is 21.8 Å². The number of hydrogen-bond acceptors (Lipinski definition) is 6. The van der Waals surface area contributed by atoms with Crippen molar-refractivity contribution in [3.05, 3.63) is 45.9 Å². The van der Waals surface area contributed by atoms with Crippen molar-refractivity contribution in [1.82, 2.24) is 14.8 Å². The smallest absolute Gasteiger partial charge is 0.253 e. The molecule has 1 aromatic carbocycles. The largest absolute Gasteiger partial charge is 0.336 e. The normalized spacial score (nSPS) is 16.4. The van der Waals surface area contributed by atoms with E-state index in [0.29, 0.717) is 18.7 Å². The lowest BCUT2D eigenvalue weighted by Gasteiger charge is -2.34. The molecule has 3 rings (SSSR count). The highest BCUT2D eigenvalue weighted by atomic mass is 32.2. The molecule has 0 bridgehead atoms. The number of benzene rings is 1. The van der Waals surface area contributed by atoms with E-state index >= 15 is 0 Å². The van der Waals surface area contributed by atoms with Gasteiger partial charge in [-0.05, 0) is 18.2 Å². The summed E-state index contributed by atoms with van der Waals surface area (Å²) in [6.07, 6.45) is 1.15. The maximum Gasteiger partial charge on any atom is 0.253 e. The first kappa shape index (κ1) is 21.0. The van der Waals surface area contributed by atoms with Gasteiger partial charge in [0, 0.05) is 55.3 Å². The minimum absolute atomic E-state index is 0.0640. The summed E-state index contributed by atoms with van der Waals surface area (Å²) in [7, 11) is -3.33.